The summed E-state index contributed by atoms with van der Waals surface area (Å²) in [5.74, 6) is -0.847. The van der Waals surface area contributed by atoms with E-state index in [2.05, 4.69) is 5.32 Å². The summed E-state index contributed by atoms with van der Waals surface area (Å²) in [5.41, 5.74) is 1.61. The second-order valence-electron chi connectivity index (χ2n) is 4.97. The zero-order valence-corrected chi connectivity index (χ0v) is 12.1. The molecule has 2 rings (SSSR count). The van der Waals surface area contributed by atoms with Gasteiger partial charge in [0.05, 0.1) is 0 Å². The van der Waals surface area contributed by atoms with Crippen molar-refractivity contribution in [3.63, 3.8) is 0 Å². The Kier molecular flexibility index (Phi) is 4.73. The number of halogens is 3. The molecule has 106 valence electrons. The fourth-order valence-corrected chi connectivity index (χ4v) is 2.13. The van der Waals surface area contributed by atoms with Crippen molar-refractivity contribution in [1.29, 1.82) is 0 Å². The van der Waals surface area contributed by atoms with Crippen molar-refractivity contribution in [3.8, 4) is 11.1 Å². The van der Waals surface area contributed by atoms with E-state index in [1.807, 2.05) is 13.8 Å². The quantitative estimate of drug-likeness (QED) is 0.855. The molecule has 0 unspecified atom stereocenters. The van der Waals surface area contributed by atoms with Crippen LogP contribution in [-0.2, 0) is 6.54 Å². The van der Waals surface area contributed by atoms with Gasteiger partial charge in [0, 0.05) is 28.7 Å². The van der Waals surface area contributed by atoms with E-state index in [1.165, 1.54) is 24.3 Å². The van der Waals surface area contributed by atoms with Gasteiger partial charge in [0.25, 0.3) is 0 Å². The minimum Gasteiger partial charge on any atom is -0.310 e. The highest BCUT2D eigenvalue weighted by atomic mass is 35.5. The monoisotopic (exact) mass is 295 g/mol. The van der Waals surface area contributed by atoms with Crippen LogP contribution in [0.1, 0.15) is 19.4 Å². The lowest BCUT2D eigenvalue weighted by Gasteiger charge is -2.11. The molecule has 0 spiro atoms. The molecule has 1 nitrogen and oxygen atoms in total. The first-order valence-corrected chi connectivity index (χ1v) is 6.82. The number of hydrogen-bond acceptors (Lipinski definition) is 1. The second kappa shape index (κ2) is 6.33. The predicted molar refractivity (Wildman–Crippen MR) is 78.8 cm³/mol. The molecule has 0 aromatic heterocycles. The summed E-state index contributed by atoms with van der Waals surface area (Å²) in [4.78, 5) is 0. The van der Waals surface area contributed by atoms with Gasteiger partial charge in [-0.15, -0.1) is 0 Å². The first-order valence-electron chi connectivity index (χ1n) is 6.44. The van der Waals surface area contributed by atoms with E-state index in [0.717, 1.165) is 5.56 Å². The Morgan fingerprint density at radius 1 is 1.05 bits per heavy atom. The third-order valence-corrected chi connectivity index (χ3v) is 3.29. The van der Waals surface area contributed by atoms with E-state index >= 15 is 0 Å². The molecule has 0 saturated carbocycles. The zero-order chi connectivity index (χ0) is 14.7. The van der Waals surface area contributed by atoms with Crippen LogP contribution in [-0.4, -0.2) is 6.04 Å². The van der Waals surface area contributed by atoms with Gasteiger partial charge in [-0.1, -0.05) is 31.5 Å². The maximum Gasteiger partial charge on any atom is 0.131 e. The molecule has 0 saturated heterocycles. The smallest absolute Gasteiger partial charge is 0.131 e. The topological polar surface area (TPSA) is 12.0 Å². The molecule has 4 heteroatoms. The highest BCUT2D eigenvalue weighted by Crippen LogP contribution is 2.31. The Bertz CT molecular complexity index is 611. The van der Waals surface area contributed by atoms with Gasteiger partial charge >= 0.3 is 0 Å². The van der Waals surface area contributed by atoms with E-state index in [4.69, 9.17) is 11.6 Å². The van der Waals surface area contributed by atoms with Crippen LogP contribution < -0.4 is 5.32 Å². The first kappa shape index (κ1) is 14.9. The lowest BCUT2D eigenvalue weighted by Crippen LogP contribution is -2.21. The average molecular weight is 296 g/mol. The van der Waals surface area contributed by atoms with E-state index < -0.39 is 11.6 Å². The summed E-state index contributed by atoms with van der Waals surface area (Å²) in [5, 5.41) is 3.59. The summed E-state index contributed by atoms with van der Waals surface area (Å²) in [6.07, 6.45) is 0. The zero-order valence-electron chi connectivity index (χ0n) is 11.4. The Balaban J connectivity index is 2.40. The van der Waals surface area contributed by atoms with E-state index in [-0.39, 0.29) is 0 Å². The summed E-state index contributed by atoms with van der Waals surface area (Å²) >= 11 is 6.03. The summed E-state index contributed by atoms with van der Waals surface area (Å²) in [6, 6.07) is 9.07. The summed E-state index contributed by atoms with van der Waals surface area (Å²) < 4.78 is 27.3. The highest BCUT2D eigenvalue weighted by Gasteiger charge is 2.11. The van der Waals surface area contributed by atoms with Gasteiger partial charge in [0.15, 0.2) is 0 Å². The van der Waals surface area contributed by atoms with Crippen LogP contribution in [0.25, 0.3) is 11.1 Å². The van der Waals surface area contributed by atoms with Gasteiger partial charge in [-0.3, -0.25) is 0 Å². The van der Waals surface area contributed by atoms with Crippen molar-refractivity contribution in [2.45, 2.75) is 26.4 Å². The normalized spacial score (nSPS) is 11.1. The standard InChI is InChI=1S/C16H16ClF2N/c1-10(2)20-9-11-3-6-16(19)14(7-11)13-8-12(18)4-5-15(13)17/h3-8,10,20H,9H2,1-2H3. The fourth-order valence-electron chi connectivity index (χ4n) is 1.91. The van der Waals surface area contributed by atoms with Crippen LogP contribution in [0.2, 0.25) is 5.02 Å². The number of nitrogens with one attached hydrogen (secondary N) is 1. The van der Waals surface area contributed by atoms with Crippen molar-refractivity contribution in [3.05, 3.63) is 58.6 Å². The molecule has 0 aliphatic heterocycles. The maximum absolute atomic E-state index is 14.0. The van der Waals surface area contributed by atoms with Crippen molar-refractivity contribution >= 4 is 11.6 Å². The van der Waals surface area contributed by atoms with Gasteiger partial charge in [0.2, 0.25) is 0 Å². The SMILES string of the molecule is CC(C)NCc1ccc(F)c(-c2cc(F)ccc2Cl)c1. The number of benzene rings is 2. The molecule has 20 heavy (non-hydrogen) atoms. The van der Waals surface area contributed by atoms with Gasteiger partial charge in [0.1, 0.15) is 11.6 Å². The summed E-state index contributed by atoms with van der Waals surface area (Å²) in [6.45, 7) is 4.69. The van der Waals surface area contributed by atoms with E-state index in [9.17, 15) is 8.78 Å². The van der Waals surface area contributed by atoms with Crippen molar-refractivity contribution in [2.24, 2.45) is 0 Å². The third kappa shape index (κ3) is 3.56. The minimum absolute atomic E-state index is 0.317. The Morgan fingerprint density at radius 3 is 2.50 bits per heavy atom. The molecule has 1 N–H and O–H groups in total. The predicted octanol–water partition coefficient (Wildman–Crippen LogP) is 4.78. The Labute approximate surface area is 122 Å². The molecule has 0 aliphatic rings. The Morgan fingerprint density at radius 2 is 1.80 bits per heavy atom. The van der Waals surface area contributed by atoms with Gasteiger partial charge in [-0.05, 0) is 35.9 Å². The van der Waals surface area contributed by atoms with Gasteiger partial charge < -0.3 is 5.32 Å². The molecule has 0 fully saturated rings. The van der Waals surface area contributed by atoms with Crippen LogP contribution in [0.4, 0.5) is 8.78 Å². The maximum atomic E-state index is 14.0. The first-order chi connectivity index (χ1) is 9.47. The van der Waals surface area contributed by atoms with Crippen LogP contribution in [0.3, 0.4) is 0 Å². The molecule has 0 aliphatic carbocycles. The van der Waals surface area contributed by atoms with Gasteiger partial charge in [-0.25, -0.2) is 8.78 Å². The number of rotatable bonds is 4. The van der Waals surface area contributed by atoms with Crippen LogP contribution in [0.15, 0.2) is 36.4 Å². The molecular formula is C16H16ClF2N. The minimum atomic E-state index is -0.436. The largest absolute Gasteiger partial charge is 0.310 e. The average Bonchev–Trinajstić information content (AvgIpc) is 2.41. The van der Waals surface area contributed by atoms with Gasteiger partial charge in [-0.2, -0.15) is 0 Å². The van der Waals surface area contributed by atoms with Crippen molar-refractivity contribution < 1.29 is 8.78 Å². The molecule has 0 atom stereocenters. The van der Waals surface area contributed by atoms with E-state index in [0.29, 0.717) is 28.7 Å². The summed E-state index contributed by atoms with van der Waals surface area (Å²) in [7, 11) is 0. The molecule has 2 aromatic carbocycles. The van der Waals surface area contributed by atoms with Crippen LogP contribution in [0, 0.1) is 11.6 Å². The van der Waals surface area contributed by atoms with Crippen molar-refractivity contribution in [1.82, 2.24) is 5.32 Å². The van der Waals surface area contributed by atoms with Crippen LogP contribution in [0.5, 0.6) is 0 Å². The Hall–Kier alpha value is -1.45. The third-order valence-electron chi connectivity index (χ3n) is 2.96. The molecular weight excluding hydrogens is 280 g/mol. The van der Waals surface area contributed by atoms with Crippen LogP contribution >= 0.6 is 11.6 Å². The second-order valence-corrected chi connectivity index (χ2v) is 5.38. The van der Waals surface area contributed by atoms with Crippen molar-refractivity contribution in [2.75, 3.05) is 0 Å². The van der Waals surface area contributed by atoms with E-state index in [1.54, 1.807) is 12.1 Å². The highest BCUT2D eigenvalue weighted by molar-refractivity contribution is 6.33. The fraction of sp³-hybridized carbons (Fsp3) is 0.250. The molecule has 2 aromatic rings. The lowest BCUT2D eigenvalue weighted by molar-refractivity contribution is 0.586. The number of hydrogen-bond donors (Lipinski definition) is 1. The molecule has 0 bridgehead atoms. The lowest BCUT2D eigenvalue weighted by atomic mass is 10.0. The molecule has 0 heterocycles. The molecule has 0 radical (unpaired) electrons. The molecule has 0 amide bonds.